The highest BCUT2D eigenvalue weighted by Gasteiger charge is 2.38. The molecule has 2 fully saturated rings. The monoisotopic (exact) mass is 486 g/mol. The van der Waals surface area contributed by atoms with E-state index >= 15 is 0 Å². The number of amides is 2. The lowest BCUT2D eigenvalue weighted by Gasteiger charge is -2.31. The van der Waals surface area contributed by atoms with Gasteiger partial charge in [-0.1, -0.05) is 6.07 Å². The lowest BCUT2D eigenvalue weighted by molar-refractivity contribution is -0.142. The van der Waals surface area contributed by atoms with Gasteiger partial charge in [0.15, 0.2) is 0 Å². The molecule has 2 amide bonds. The Balaban J connectivity index is 1.33. The van der Waals surface area contributed by atoms with Crippen LogP contribution >= 0.6 is 22.7 Å². The molecule has 33 heavy (non-hydrogen) atoms. The van der Waals surface area contributed by atoms with Crippen LogP contribution in [0, 0.1) is 12.8 Å². The van der Waals surface area contributed by atoms with Crippen LogP contribution in [0.15, 0.2) is 34.1 Å². The number of morpholine rings is 1. The molecule has 0 radical (unpaired) electrons. The van der Waals surface area contributed by atoms with Crippen molar-refractivity contribution >= 4 is 40.2 Å². The summed E-state index contributed by atoms with van der Waals surface area (Å²) in [5.41, 5.74) is 2.13. The lowest BCUT2D eigenvalue weighted by Crippen LogP contribution is -2.47. The molecule has 0 bridgehead atoms. The number of nitrogens with zero attached hydrogens (tertiary/aromatic N) is 4. The van der Waals surface area contributed by atoms with Gasteiger partial charge in [0.2, 0.25) is 5.91 Å². The van der Waals surface area contributed by atoms with E-state index in [0.717, 1.165) is 56.3 Å². The van der Waals surface area contributed by atoms with E-state index in [0.29, 0.717) is 13.0 Å². The molecule has 1 saturated carbocycles. The van der Waals surface area contributed by atoms with Gasteiger partial charge >= 0.3 is 0 Å². The van der Waals surface area contributed by atoms with Crippen molar-refractivity contribution in [2.45, 2.75) is 32.2 Å². The van der Waals surface area contributed by atoms with Crippen molar-refractivity contribution in [2.24, 2.45) is 11.0 Å². The molecule has 0 spiro atoms. The minimum absolute atomic E-state index is 0.0848. The molecule has 4 heterocycles. The van der Waals surface area contributed by atoms with E-state index in [1.165, 1.54) is 10.4 Å². The highest BCUT2D eigenvalue weighted by atomic mass is 32.1. The van der Waals surface area contributed by atoms with Gasteiger partial charge in [-0.25, -0.2) is 5.01 Å². The first-order valence-corrected chi connectivity index (χ1v) is 13.4. The Morgan fingerprint density at radius 2 is 2.00 bits per heavy atom. The Morgan fingerprint density at radius 3 is 2.67 bits per heavy atom. The van der Waals surface area contributed by atoms with E-state index in [-0.39, 0.29) is 30.3 Å². The second-order valence-corrected chi connectivity index (χ2v) is 10.8. The first-order valence-electron chi connectivity index (χ1n) is 11.7. The standard InChI is InChI=1S/C24H30N4O3S2/c1-17-6-14-33-23(17)20-15-19(21-3-2-13-32-21)25-28(20)22(29)16-27(24(30)18-4-5-18)8-7-26-9-11-31-12-10-26/h2-3,6,13-14,18,20H,4-5,7-12,15-16H2,1H3/t20-/m1/s1. The maximum absolute atomic E-state index is 13.6. The minimum Gasteiger partial charge on any atom is -0.379 e. The van der Waals surface area contributed by atoms with Gasteiger partial charge in [-0.05, 0) is 48.2 Å². The third kappa shape index (κ3) is 5.21. The number of hydrazone groups is 1. The zero-order valence-corrected chi connectivity index (χ0v) is 20.6. The molecule has 2 aromatic rings. The zero-order chi connectivity index (χ0) is 22.8. The third-order valence-corrected chi connectivity index (χ3v) is 8.57. The highest BCUT2D eigenvalue weighted by molar-refractivity contribution is 7.12. The number of hydrogen-bond acceptors (Lipinski definition) is 7. The molecule has 0 aromatic carbocycles. The predicted octanol–water partition coefficient (Wildman–Crippen LogP) is 3.37. The molecule has 7 nitrogen and oxygen atoms in total. The summed E-state index contributed by atoms with van der Waals surface area (Å²) in [5, 5.41) is 10.5. The minimum atomic E-state index is -0.105. The molecular weight excluding hydrogens is 456 g/mol. The van der Waals surface area contributed by atoms with Crippen molar-refractivity contribution in [1.82, 2.24) is 14.8 Å². The summed E-state index contributed by atoms with van der Waals surface area (Å²) < 4.78 is 5.44. The van der Waals surface area contributed by atoms with Crippen LogP contribution in [0.2, 0.25) is 0 Å². The molecule has 0 N–H and O–H groups in total. The molecule has 5 rings (SSSR count). The fourth-order valence-corrected chi connectivity index (χ4v) is 6.17. The first kappa shape index (κ1) is 22.7. The molecule has 176 valence electrons. The highest BCUT2D eigenvalue weighted by Crippen LogP contribution is 2.38. The molecule has 0 unspecified atom stereocenters. The van der Waals surface area contributed by atoms with E-state index in [9.17, 15) is 9.59 Å². The summed E-state index contributed by atoms with van der Waals surface area (Å²) in [6.45, 7) is 6.71. The smallest absolute Gasteiger partial charge is 0.262 e. The third-order valence-electron chi connectivity index (χ3n) is 6.53. The Bertz CT molecular complexity index is 1010. The zero-order valence-electron chi connectivity index (χ0n) is 18.9. The molecule has 2 aromatic heterocycles. The maximum atomic E-state index is 13.6. The molecule has 1 aliphatic carbocycles. The van der Waals surface area contributed by atoms with Gasteiger partial charge in [0, 0.05) is 43.4 Å². The van der Waals surface area contributed by atoms with Crippen LogP contribution in [0.25, 0.3) is 0 Å². The maximum Gasteiger partial charge on any atom is 0.262 e. The molecular formula is C24H30N4O3S2. The number of ether oxygens (including phenoxy) is 1. The number of rotatable bonds is 8. The van der Waals surface area contributed by atoms with Crippen molar-refractivity contribution in [3.05, 3.63) is 44.3 Å². The molecule has 1 atom stereocenters. The molecule has 1 saturated heterocycles. The average Bonchev–Trinajstić information content (AvgIpc) is 3.18. The van der Waals surface area contributed by atoms with E-state index in [4.69, 9.17) is 9.84 Å². The lowest BCUT2D eigenvalue weighted by atomic mass is 10.1. The van der Waals surface area contributed by atoms with E-state index in [2.05, 4.69) is 29.3 Å². The summed E-state index contributed by atoms with van der Waals surface area (Å²) in [5.74, 6) is 0.0963. The topological polar surface area (TPSA) is 65.5 Å². The number of hydrogen-bond donors (Lipinski definition) is 0. The van der Waals surface area contributed by atoms with Crippen molar-refractivity contribution in [3.8, 4) is 0 Å². The SMILES string of the molecule is Cc1ccsc1[C@H]1CC(c2cccs2)=NN1C(=O)CN(CCN1CCOCC1)C(=O)C1CC1. The molecule has 3 aliphatic rings. The molecule has 9 heteroatoms. The summed E-state index contributed by atoms with van der Waals surface area (Å²) >= 11 is 3.32. The van der Waals surface area contributed by atoms with Crippen molar-refractivity contribution in [2.75, 3.05) is 45.9 Å². The van der Waals surface area contributed by atoms with Gasteiger partial charge in [0.25, 0.3) is 5.91 Å². The fourth-order valence-electron chi connectivity index (χ4n) is 4.44. The number of aryl methyl sites for hydroxylation is 1. The van der Waals surface area contributed by atoms with Crippen LogP contribution in [-0.2, 0) is 14.3 Å². The number of carbonyl (C=O) groups is 2. The predicted molar refractivity (Wildman–Crippen MR) is 131 cm³/mol. The van der Waals surface area contributed by atoms with Gasteiger partial charge in [-0.3, -0.25) is 14.5 Å². The van der Waals surface area contributed by atoms with E-state index < -0.39 is 0 Å². The van der Waals surface area contributed by atoms with Crippen LogP contribution in [0.1, 0.15) is 40.6 Å². The van der Waals surface area contributed by atoms with E-state index in [1.807, 2.05) is 11.4 Å². The summed E-state index contributed by atoms with van der Waals surface area (Å²) in [6, 6.07) is 6.06. The van der Waals surface area contributed by atoms with Crippen molar-refractivity contribution in [1.29, 1.82) is 0 Å². The van der Waals surface area contributed by atoms with Crippen molar-refractivity contribution < 1.29 is 14.3 Å². The summed E-state index contributed by atoms with van der Waals surface area (Å²) in [7, 11) is 0. The molecule has 2 aliphatic heterocycles. The Morgan fingerprint density at radius 1 is 1.18 bits per heavy atom. The van der Waals surface area contributed by atoms with Gasteiger partial charge in [0.05, 0.1) is 29.8 Å². The second-order valence-electron chi connectivity index (χ2n) is 8.94. The average molecular weight is 487 g/mol. The van der Waals surface area contributed by atoms with Crippen LogP contribution in [-0.4, -0.2) is 78.3 Å². The Hall–Kier alpha value is -2.07. The normalized spacial score (nSPS) is 21.3. The Labute approximate surface area is 202 Å². The van der Waals surface area contributed by atoms with Crippen molar-refractivity contribution in [3.63, 3.8) is 0 Å². The second kappa shape index (κ2) is 10.0. The van der Waals surface area contributed by atoms with Crippen LogP contribution in [0.5, 0.6) is 0 Å². The van der Waals surface area contributed by atoms with Gasteiger partial charge in [0.1, 0.15) is 6.54 Å². The van der Waals surface area contributed by atoms with Crippen LogP contribution in [0.4, 0.5) is 0 Å². The first-order chi connectivity index (χ1) is 16.1. The fraction of sp³-hybridized carbons (Fsp3) is 0.542. The Kier molecular flexibility index (Phi) is 6.91. The summed E-state index contributed by atoms with van der Waals surface area (Å²) in [6.07, 6.45) is 2.57. The van der Waals surface area contributed by atoms with Gasteiger partial charge < -0.3 is 9.64 Å². The van der Waals surface area contributed by atoms with E-state index in [1.54, 1.807) is 32.6 Å². The van der Waals surface area contributed by atoms with Crippen LogP contribution < -0.4 is 0 Å². The quantitative estimate of drug-likeness (QED) is 0.574. The van der Waals surface area contributed by atoms with Gasteiger partial charge in [-0.15, -0.1) is 22.7 Å². The largest absolute Gasteiger partial charge is 0.379 e. The summed E-state index contributed by atoms with van der Waals surface area (Å²) in [4.78, 5) is 33.0. The number of carbonyl (C=O) groups excluding carboxylic acids is 2. The number of thiophene rings is 2. The van der Waals surface area contributed by atoms with Crippen LogP contribution in [0.3, 0.4) is 0 Å². The van der Waals surface area contributed by atoms with Gasteiger partial charge in [-0.2, -0.15) is 5.10 Å².